The van der Waals surface area contributed by atoms with Crippen molar-refractivity contribution in [2.24, 2.45) is 0 Å². The fourth-order valence-corrected chi connectivity index (χ4v) is 2.84. The van der Waals surface area contributed by atoms with Gasteiger partial charge in [0.1, 0.15) is 5.01 Å². The molecule has 2 heterocycles. The highest BCUT2D eigenvalue weighted by Gasteiger charge is 2.15. The van der Waals surface area contributed by atoms with Crippen molar-refractivity contribution in [3.8, 4) is 11.5 Å². The first-order chi connectivity index (χ1) is 10.2. The summed E-state index contributed by atoms with van der Waals surface area (Å²) >= 11 is 1.60. The topological polar surface area (TPSA) is 56.3 Å². The number of hydrogen-bond donors (Lipinski definition) is 1. The number of benzene rings is 1. The van der Waals surface area contributed by atoms with Gasteiger partial charge < -0.3 is 14.8 Å². The third-order valence-corrected chi connectivity index (χ3v) is 4.40. The maximum atomic E-state index is 5.81. The quantitative estimate of drug-likeness (QED) is 0.938. The third-order valence-electron chi connectivity index (χ3n) is 3.22. The maximum absolute atomic E-state index is 5.81. The molecular weight excluding hydrogens is 286 g/mol. The van der Waals surface area contributed by atoms with Crippen LogP contribution in [0.2, 0.25) is 0 Å². The lowest BCUT2D eigenvalue weighted by Crippen LogP contribution is -2.03. The molecule has 5 nitrogen and oxygen atoms in total. The third kappa shape index (κ3) is 3.26. The van der Waals surface area contributed by atoms with Gasteiger partial charge in [-0.2, -0.15) is 0 Å². The molecule has 0 bridgehead atoms. The van der Waals surface area contributed by atoms with Crippen molar-refractivity contribution >= 4 is 16.5 Å². The average molecular weight is 305 g/mol. The highest BCUT2D eigenvalue weighted by Crippen LogP contribution is 2.34. The average Bonchev–Trinajstić information content (AvgIpc) is 2.82. The molecular formula is C15H19N3O2S. The maximum Gasteiger partial charge on any atom is 0.205 e. The molecule has 1 aromatic carbocycles. The molecule has 0 spiro atoms. The Balaban J connectivity index is 1.72. The SMILES string of the molecule is CC(C)c1nnc(NCc2cccc3c2OCCCO3)s1. The van der Waals surface area contributed by atoms with Crippen LogP contribution in [0, 0.1) is 0 Å². The van der Waals surface area contributed by atoms with E-state index in [2.05, 4.69) is 29.4 Å². The molecule has 0 fully saturated rings. The van der Waals surface area contributed by atoms with E-state index in [1.165, 1.54) is 0 Å². The van der Waals surface area contributed by atoms with E-state index in [1.807, 2.05) is 18.2 Å². The number of fused-ring (bicyclic) bond motifs is 1. The minimum Gasteiger partial charge on any atom is -0.490 e. The fourth-order valence-electron chi connectivity index (χ4n) is 2.10. The molecule has 0 saturated carbocycles. The van der Waals surface area contributed by atoms with Crippen molar-refractivity contribution in [3.05, 3.63) is 28.8 Å². The van der Waals surface area contributed by atoms with Crippen LogP contribution < -0.4 is 14.8 Å². The zero-order valence-electron chi connectivity index (χ0n) is 12.3. The number of nitrogens with one attached hydrogen (secondary N) is 1. The largest absolute Gasteiger partial charge is 0.490 e. The van der Waals surface area contributed by atoms with Gasteiger partial charge in [0.25, 0.3) is 0 Å². The summed E-state index contributed by atoms with van der Waals surface area (Å²) in [7, 11) is 0. The molecule has 0 atom stereocenters. The monoisotopic (exact) mass is 305 g/mol. The Bertz CT molecular complexity index is 613. The smallest absolute Gasteiger partial charge is 0.205 e. The molecule has 1 N–H and O–H groups in total. The Morgan fingerprint density at radius 2 is 2.10 bits per heavy atom. The molecule has 21 heavy (non-hydrogen) atoms. The van der Waals surface area contributed by atoms with Crippen molar-refractivity contribution in [1.82, 2.24) is 10.2 Å². The molecule has 3 rings (SSSR count). The van der Waals surface area contributed by atoms with Crippen LogP contribution in [0.1, 0.15) is 36.8 Å². The summed E-state index contributed by atoms with van der Waals surface area (Å²) in [6.45, 7) is 6.29. The second-order valence-corrected chi connectivity index (χ2v) is 6.26. The van der Waals surface area contributed by atoms with E-state index < -0.39 is 0 Å². The molecule has 0 aliphatic carbocycles. The summed E-state index contributed by atoms with van der Waals surface area (Å²) in [6, 6.07) is 5.99. The van der Waals surface area contributed by atoms with E-state index in [4.69, 9.17) is 9.47 Å². The highest BCUT2D eigenvalue weighted by atomic mass is 32.1. The molecule has 1 aliphatic rings. The summed E-state index contributed by atoms with van der Waals surface area (Å²) < 4.78 is 11.5. The van der Waals surface area contributed by atoms with Crippen LogP contribution in [0.4, 0.5) is 5.13 Å². The van der Waals surface area contributed by atoms with Crippen molar-refractivity contribution in [3.63, 3.8) is 0 Å². The zero-order valence-corrected chi connectivity index (χ0v) is 13.1. The number of nitrogens with zero attached hydrogens (tertiary/aromatic N) is 2. The van der Waals surface area contributed by atoms with Crippen molar-refractivity contribution in [2.45, 2.75) is 32.7 Å². The van der Waals surface area contributed by atoms with Gasteiger partial charge in [-0.25, -0.2) is 0 Å². The second kappa shape index (κ2) is 6.30. The number of hydrogen-bond acceptors (Lipinski definition) is 6. The lowest BCUT2D eigenvalue weighted by Gasteiger charge is -2.12. The van der Waals surface area contributed by atoms with Gasteiger partial charge in [-0.3, -0.25) is 0 Å². The summed E-state index contributed by atoms with van der Waals surface area (Å²) in [4.78, 5) is 0. The van der Waals surface area contributed by atoms with E-state index in [9.17, 15) is 0 Å². The summed E-state index contributed by atoms with van der Waals surface area (Å²) in [6.07, 6.45) is 0.912. The minimum atomic E-state index is 0.405. The molecule has 2 aromatic rings. The molecule has 112 valence electrons. The molecule has 6 heteroatoms. The van der Waals surface area contributed by atoms with E-state index in [0.717, 1.165) is 33.6 Å². The lowest BCUT2D eigenvalue weighted by atomic mass is 10.2. The Kier molecular flexibility index (Phi) is 4.24. The molecule has 1 aliphatic heterocycles. The highest BCUT2D eigenvalue weighted by molar-refractivity contribution is 7.15. The van der Waals surface area contributed by atoms with E-state index in [0.29, 0.717) is 25.7 Å². The Hall–Kier alpha value is -1.82. The zero-order chi connectivity index (χ0) is 14.7. The van der Waals surface area contributed by atoms with Gasteiger partial charge in [0.2, 0.25) is 5.13 Å². The number of ether oxygens (including phenoxy) is 2. The van der Waals surface area contributed by atoms with Crippen molar-refractivity contribution in [2.75, 3.05) is 18.5 Å². The van der Waals surface area contributed by atoms with Gasteiger partial charge in [-0.15, -0.1) is 10.2 Å². The van der Waals surface area contributed by atoms with Gasteiger partial charge in [0.15, 0.2) is 11.5 Å². The molecule has 0 radical (unpaired) electrons. The van der Waals surface area contributed by atoms with Crippen LogP contribution in [-0.2, 0) is 6.54 Å². The summed E-state index contributed by atoms with van der Waals surface area (Å²) in [5.41, 5.74) is 1.08. The van der Waals surface area contributed by atoms with Gasteiger partial charge >= 0.3 is 0 Å². The predicted octanol–water partition coefficient (Wildman–Crippen LogP) is 3.43. The first kappa shape index (κ1) is 14.1. The van der Waals surface area contributed by atoms with Crippen LogP contribution in [0.15, 0.2) is 18.2 Å². The fraction of sp³-hybridized carbons (Fsp3) is 0.467. The van der Waals surface area contributed by atoms with Crippen LogP contribution in [0.5, 0.6) is 11.5 Å². The van der Waals surface area contributed by atoms with E-state index in [-0.39, 0.29) is 0 Å². The minimum absolute atomic E-state index is 0.405. The Morgan fingerprint density at radius 3 is 2.90 bits per heavy atom. The Morgan fingerprint density at radius 1 is 1.24 bits per heavy atom. The first-order valence-corrected chi connectivity index (χ1v) is 8.00. The van der Waals surface area contributed by atoms with Gasteiger partial charge in [-0.1, -0.05) is 37.3 Å². The first-order valence-electron chi connectivity index (χ1n) is 7.19. The van der Waals surface area contributed by atoms with Crippen LogP contribution in [0.3, 0.4) is 0 Å². The molecule has 0 amide bonds. The number of anilines is 1. The number of rotatable bonds is 4. The summed E-state index contributed by atoms with van der Waals surface area (Å²) in [5.74, 6) is 2.07. The standard InChI is InChI=1S/C15H19N3O2S/c1-10(2)14-17-18-15(21-14)16-9-11-5-3-6-12-13(11)20-8-4-7-19-12/h3,5-6,10H,4,7-9H2,1-2H3,(H,16,18). The van der Waals surface area contributed by atoms with Crippen molar-refractivity contribution in [1.29, 1.82) is 0 Å². The molecule has 1 aromatic heterocycles. The number of aromatic nitrogens is 2. The Labute approximate surface area is 128 Å². The van der Waals surface area contributed by atoms with Gasteiger partial charge in [0.05, 0.1) is 13.2 Å². The molecule has 0 unspecified atom stereocenters. The van der Waals surface area contributed by atoms with Gasteiger partial charge in [0, 0.05) is 24.4 Å². The van der Waals surface area contributed by atoms with Crippen LogP contribution in [-0.4, -0.2) is 23.4 Å². The van der Waals surface area contributed by atoms with Gasteiger partial charge in [-0.05, 0) is 6.07 Å². The second-order valence-electron chi connectivity index (χ2n) is 5.25. The van der Waals surface area contributed by atoms with E-state index in [1.54, 1.807) is 11.3 Å². The van der Waals surface area contributed by atoms with Crippen LogP contribution >= 0.6 is 11.3 Å². The number of para-hydroxylation sites is 1. The van der Waals surface area contributed by atoms with E-state index >= 15 is 0 Å². The normalized spacial score (nSPS) is 14.0. The molecule has 0 saturated heterocycles. The van der Waals surface area contributed by atoms with Crippen LogP contribution in [0.25, 0.3) is 0 Å². The summed E-state index contributed by atoms with van der Waals surface area (Å²) in [5, 5.41) is 13.5. The van der Waals surface area contributed by atoms with Crippen molar-refractivity contribution < 1.29 is 9.47 Å². The lowest BCUT2D eigenvalue weighted by molar-refractivity contribution is 0.296. The predicted molar refractivity (Wildman–Crippen MR) is 83.4 cm³/mol.